The zero-order valence-electron chi connectivity index (χ0n) is 9.28. The number of benzene rings is 1. The second kappa shape index (κ2) is 4.55. The maximum Gasteiger partial charge on any atom is 0.133 e. The highest BCUT2D eigenvalue weighted by molar-refractivity contribution is 9.10. The van der Waals surface area contributed by atoms with Gasteiger partial charge in [-0.1, -0.05) is 34.1 Å². The van der Waals surface area contributed by atoms with Crippen molar-refractivity contribution in [2.75, 3.05) is 0 Å². The minimum absolute atomic E-state index is 0.773. The van der Waals surface area contributed by atoms with Crippen LogP contribution in [0, 0.1) is 0 Å². The fourth-order valence-corrected chi connectivity index (χ4v) is 2.42. The van der Waals surface area contributed by atoms with E-state index in [1.807, 2.05) is 24.4 Å². The summed E-state index contributed by atoms with van der Waals surface area (Å²) in [4.78, 5) is 9.01. The Morgan fingerprint density at radius 3 is 3.00 bits per heavy atom. The largest absolute Gasteiger partial charge is 0.307 e. The normalized spacial score (nSPS) is 13.7. The lowest BCUT2D eigenvalue weighted by atomic mass is 10.1. The zero-order chi connectivity index (χ0) is 11.7. The fraction of sp³-hybridized carbons (Fsp3) is 0.231. The lowest BCUT2D eigenvalue weighted by Gasteiger charge is -2.04. The summed E-state index contributed by atoms with van der Waals surface area (Å²) >= 11 is 3.55. The Morgan fingerprint density at radius 1 is 1.24 bits per heavy atom. The molecule has 0 aliphatic carbocycles. The molecule has 0 fully saturated rings. The molecule has 0 saturated heterocycles. The third-order valence-electron chi connectivity index (χ3n) is 2.92. The monoisotopic (exact) mass is 289 g/mol. The van der Waals surface area contributed by atoms with Crippen molar-refractivity contribution in [2.24, 2.45) is 0 Å². The smallest absolute Gasteiger partial charge is 0.133 e. The van der Waals surface area contributed by atoms with Gasteiger partial charge >= 0.3 is 0 Å². The summed E-state index contributed by atoms with van der Waals surface area (Å²) in [6.07, 6.45) is 2.71. The molecule has 86 valence electrons. The van der Waals surface area contributed by atoms with E-state index in [0.29, 0.717) is 0 Å². The molecule has 2 aromatic rings. The number of halogens is 1. The number of hydrogen-bond acceptors (Lipinski definition) is 3. The molecule has 0 saturated carbocycles. The first kappa shape index (κ1) is 10.9. The Balaban J connectivity index is 1.89. The number of nitrogens with one attached hydrogen (secondary N) is 1. The third-order valence-corrected chi connectivity index (χ3v) is 3.69. The maximum atomic E-state index is 4.60. The van der Waals surface area contributed by atoms with E-state index < -0.39 is 0 Å². The Labute approximate surface area is 108 Å². The van der Waals surface area contributed by atoms with Crippen LogP contribution in [0.25, 0.3) is 0 Å². The second-order valence-corrected chi connectivity index (χ2v) is 4.98. The van der Waals surface area contributed by atoms with E-state index >= 15 is 0 Å². The lowest BCUT2D eigenvalue weighted by molar-refractivity contribution is 0.756. The van der Waals surface area contributed by atoms with E-state index in [1.165, 1.54) is 11.1 Å². The number of rotatable bonds is 2. The number of fused-ring (bicyclic) bond motifs is 1. The second-order valence-electron chi connectivity index (χ2n) is 4.13. The van der Waals surface area contributed by atoms with Crippen LogP contribution in [0.5, 0.6) is 0 Å². The highest BCUT2D eigenvalue weighted by Gasteiger charge is 2.13. The lowest BCUT2D eigenvalue weighted by Crippen LogP contribution is -2.02. The summed E-state index contributed by atoms with van der Waals surface area (Å²) in [5.41, 5.74) is 3.58. The molecule has 0 atom stereocenters. The van der Waals surface area contributed by atoms with Gasteiger partial charge < -0.3 is 5.32 Å². The Hall–Kier alpha value is -1.26. The molecule has 17 heavy (non-hydrogen) atoms. The first-order chi connectivity index (χ1) is 8.33. The van der Waals surface area contributed by atoms with E-state index in [4.69, 9.17) is 0 Å². The molecule has 0 amide bonds. The van der Waals surface area contributed by atoms with Crippen LogP contribution in [-0.2, 0) is 19.5 Å². The molecular weight excluding hydrogens is 278 g/mol. The molecule has 0 bridgehead atoms. The van der Waals surface area contributed by atoms with Crippen LogP contribution in [-0.4, -0.2) is 9.97 Å². The number of nitrogens with zero attached hydrogens (tertiary/aromatic N) is 2. The first-order valence-corrected chi connectivity index (χ1v) is 6.40. The van der Waals surface area contributed by atoms with Crippen molar-refractivity contribution in [3.05, 3.63) is 57.6 Å². The van der Waals surface area contributed by atoms with Gasteiger partial charge in [-0.05, 0) is 11.6 Å². The van der Waals surface area contributed by atoms with Crippen molar-refractivity contribution in [1.29, 1.82) is 0 Å². The highest BCUT2D eigenvalue weighted by atomic mass is 79.9. The summed E-state index contributed by atoms with van der Waals surface area (Å²) in [6, 6.07) is 8.19. The van der Waals surface area contributed by atoms with Crippen LogP contribution in [0.3, 0.4) is 0 Å². The number of hydrogen-bond donors (Lipinski definition) is 1. The van der Waals surface area contributed by atoms with E-state index in [9.17, 15) is 0 Å². The van der Waals surface area contributed by atoms with Gasteiger partial charge in [0, 0.05) is 35.7 Å². The molecule has 4 heteroatoms. The van der Waals surface area contributed by atoms with Crippen LogP contribution >= 0.6 is 15.9 Å². The van der Waals surface area contributed by atoms with Crippen molar-refractivity contribution in [3.63, 3.8) is 0 Å². The van der Waals surface area contributed by atoms with E-state index in [2.05, 4.69) is 37.3 Å². The van der Waals surface area contributed by atoms with E-state index in [-0.39, 0.29) is 0 Å². The van der Waals surface area contributed by atoms with Crippen molar-refractivity contribution in [2.45, 2.75) is 19.5 Å². The average Bonchev–Trinajstić information content (AvgIpc) is 2.79. The van der Waals surface area contributed by atoms with Gasteiger partial charge in [-0.2, -0.15) is 0 Å². The van der Waals surface area contributed by atoms with Crippen LogP contribution in [0.2, 0.25) is 0 Å². The molecular formula is C13H12BrN3. The summed E-state index contributed by atoms with van der Waals surface area (Å²) < 4.78 is 1.11. The predicted molar refractivity (Wildman–Crippen MR) is 69.5 cm³/mol. The summed E-state index contributed by atoms with van der Waals surface area (Å²) in [7, 11) is 0. The van der Waals surface area contributed by atoms with E-state index in [0.717, 1.165) is 35.5 Å². The van der Waals surface area contributed by atoms with Crippen LogP contribution in [0.4, 0.5) is 0 Å². The van der Waals surface area contributed by atoms with Gasteiger partial charge in [0.2, 0.25) is 0 Å². The molecule has 0 unspecified atom stereocenters. The van der Waals surface area contributed by atoms with Crippen molar-refractivity contribution in [1.82, 2.24) is 15.3 Å². The zero-order valence-corrected chi connectivity index (χ0v) is 10.9. The van der Waals surface area contributed by atoms with Gasteiger partial charge in [-0.25, -0.2) is 9.97 Å². The van der Waals surface area contributed by atoms with E-state index in [1.54, 1.807) is 0 Å². The molecule has 0 spiro atoms. The van der Waals surface area contributed by atoms with Gasteiger partial charge in [0.1, 0.15) is 5.82 Å². The minimum Gasteiger partial charge on any atom is -0.307 e. The standard InChI is InChI=1S/C13H12BrN3/c14-11-4-2-1-3-9(11)5-13-16-7-10-6-15-8-12(10)17-13/h1-4,7,15H,5-6,8H2. The Bertz CT molecular complexity index is 554. The van der Waals surface area contributed by atoms with Gasteiger partial charge in [-0.15, -0.1) is 0 Å². The van der Waals surface area contributed by atoms with Gasteiger partial charge in [0.05, 0.1) is 5.69 Å². The van der Waals surface area contributed by atoms with Crippen molar-refractivity contribution in [3.8, 4) is 0 Å². The highest BCUT2D eigenvalue weighted by Crippen LogP contribution is 2.19. The molecule has 3 rings (SSSR count). The fourth-order valence-electron chi connectivity index (χ4n) is 2.00. The van der Waals surface area contributed by atoms with Crippen molar-refractivity contribution < 1.29 is 0 Å². The number of aromatic nitrogens is 2. The predicted octanol–water partition coefficient (Wildman–Crippen LogP) is 2.43. The molecule has 1 aliphatic rings. The minimum atomic E-state index is 0.773. The molecule has 1 aromatic heterocycles. The average molecular weight is 290 g/mol. The Kier molecular flexibility index (Phi) is 2.91. The summed E-state index contributed by atoms with van der Waals surface area (Å²) in [6.45, 7) is 1.76. The summed E-state index contributed by atoms with van der Waals surface area (Å²) in [5.74, 6) is 0.888. The van der Waals surface area contributed by atoms with Crippen LogP contribution in [0.1, 0.15) is 22.6 Å². The molecule has 0 radical (unpaired) electrons. The molecule has 2 heterocycles. The third kappa shape index (κ3) is 2.23. The SMILES string of the molecule is Brc1ccccc1Cc1ncc2c(n1)CNC2. The van der Waals surface area contributed by atoms with Gasteiger partial charge in [0.15, 0.2) is 0 Å². The Morgan fingerprint density at radius 2 is 2.12 bits per heavy atom. The summed E-state index contributed by atoms with van der Waals surface area (Å²) in [5, 5.41) is 3.28. The van der Waals surface area contributed by atoms with Crippen molar-refractivity contribution >= 4 is 15.9 Å². The molecule has 1 aliphatic heterocycles. The van der Waals surface area contributed by atoms with Gasteiger partial charge in [0.25, 0.3) is 0 Å². The van der Waals surface area contributed by atoms with Crippen LogP contribution < -0.4 is 5.32 Å². The first-order valence-electron chi connectivity index (χ1n) is 5.61. The topological polar surface area (TPSA) is 37.8 Å². The van der Waals surface area contributed by atoms with Gasteiger partial charge in [-0.3, -0.25) is 0 Å². The molecule has 3 nitrogen and oxygen atoms in total. The maximum absolute atomic E-state index is 4.60. The molecule has 1 aromatic carbocycles. The molecule has 1 N–H and O–H groups in total. The van der Waals surface area contributed by atoms with Crippen LogP contribution in [0.15, 0.2) is 34.9 Å². The quantitative estimate of drug-likeness (QED) is 0.923.